The van der Waals surface area contributed by atoms with E-state index in [1.807, 2.05) is 18.2 Å². The number of hydrogen-bond acceptors (Lipinski definition) is 4. The van der Waals surface area contributed by atoms with E-state index in [9.17, 15) is 0 Å². The Morgan fingerprint density at radius 3 is 2.73 bits per heavy atom. The van der Waals surface area contributed by atoms with Gasteiger partial charge in [-0.15, -0.1) is 0 Å². The highest BCUT2D eigenvalue weighted by molar-refractivity contribution is 5.63. The van der Waals surface area contributed by atoms with E-state index in [1.54, 1.807) is 7.11 Å². The van der Waals surface area contributed by atoms with Crippen LogP contribution in [0, 0.1) is 5.92 Å². The summed E-state index contributed by atoms with van der Waals surface area (Å²) < 4.78 is 19.1. The fourth-order valence-electron chi connectivity index (χ4n) is 3.96. The fraction of sp³-hybridized carbons (Fsp3) is 0.571. The summed E-state index contributed by atoms with van der Waals surface area (Å²) in [4.78, 5) is 0. The Kier molecular flexibility index (Phi) is 5.44. The molecular formula is C21H28N2O3. The molecule has 140 valence electrons. The Balaban J connectivity index is 1.49. The Bertz CT molecular complexity index is 716. The maximum absolute atomic E-state index is 6.01. The summed E-state index contributed by atoms with van der Waals surface area (Å²) in [7, 11) is 1.66. The first-order valence-corrected chi connectivity index (χ1v) is 9.82. The van der Waals surface area contributed by atoms with Crippen LogP contribution in [0.1, 0.15) is 44.9 Å². The monoisotopic (exact) mass is 356 g/mol. The zero-order valence-corrected chi connectivity index (χ0v) is 15.5. The van der Waals surface area contributed by atoms with Crippen LogP contribution in [0.25, 0.3) is 11.3 Å². The zero-order valence-electron chi connectivity index (χ0n) is 15.5. The number of hydrogen-bond donors (Lipinski definition) is 0. The van der Waals surface area contributed by atoms with E-state index >= 15 is 0 Å². The molecule has 0 unspecified atom stereocenters. The SMILES string of the molecule is COc1ccc(-c2ccn(CC3CCCCC3)n2)cc1O[C@@H]1CCCO1. The third-order valence-corrected chi connectivity index (χ3v) is 5.42. The lowest BCUT2D eigenvalue weighted by atomic mass is 9.89. The number of ether oxygens (including phenoxy) is 3. The van der Waals surface area contributed by atoms with Gasteiger partial charge < -0.3 is 14.2 Å². The van der Waals surface area contributed by atoms with Crippen LogP contribution in [-0.2, 0) is 11.3 Å². The minimum atomic E-state index is -0.178. The van der Waals surface area contributed by atoms with Gasteiger partial charge in [-0.1, -0.05) is 19.3 Å². The molecule has 2 aliphatic rings. The molecule has 2 aromatic rings. The average Bonchev–Trinajstić information content (AvgIpc) is 3.35. The molecule has 4 rings (SSSR count). The maximum atomic E-state index is 6.01. The summed E-state index contributed by atoms with van der Waals surface area (Å²) in [6.07, 6.45) is 10.6. The molecule has 2 heterocycles. The molecule has 2 fully saturated rings. The molecule has 0 radical (unpaired) electrons. The van der Waals surface area contributed by atoms with Gasteiger partial charge >= 0.3 is 0 Å². The van der Waals surface area contributed by atoms with Crippen LogP contribution in [-0.4, -0.2) is 29.8 Å². The van der Waals surface area contributed by atoms with Gasteiger partial charge in [0.2, 0.25) is 0 Å². The first-order chi connectivity index (χ1) is 12.8. The molecular weight excluding hydrogens is 328 g/mol. The largest absolute Gasteiger partial charge is 0.493 e. The first-order valence-electron chi connectivity index (χ1n) is 9.82. The highest BCUT2D eigenvalue weighted by Gasteiger charge is 2.20. The number of aromatic nitrogens is 2. The van der Waals surface area contributed by atoms with E-state index in [1.165, 1.54) is 32.1 Å². The Morgan fingerprint density at radius 1 is 1.08 bits per heavy atom. The normalized spacial score (nSPS) is 21.0. The second-order valence-corrected chi connectivity index (χ2v) is 7.35. The molecule has 0 bridgehead atoms. The first kappa shape index (κ1) is 17.4. The third kappa shape index (κ3) is 4.04. The smallest absolute Gasteiger partial charge is 0.200 e. The lowest BCUT2D eigenvalue weighted by molar-refractivity contribution is -0.0402. The standard InChI is InChI=1S/C21H28N2O3/c1-24-19-10-9-17(14-20(19)26-21-8-5-13-25-21)18-11-12-23(22-18)15-16-6-3-2-4-7-16/h9-12,14,16,21H,2-8,13,15H2,1H3/t21-/m1/s1. The summed E-state index contributed by atoms with van der Waals surface area (Å²) in [5, 5.41) is 4.79. The van der Waals surface area contributed by atoms with Crippen LogP contribution < -0.4 is 9.47 Å². The molecule has 0 spiro atoms. The molecule has 1 aromatic carbocycles. The predicted molar refractivity (Wildman–Crippen MR) is 100 cm³/mol. The molecule has 1 saturated carbocycles. The number of nitrogens with zero attached hydrogens (tertiary/aromatic N) is 2. The fourth-order valence-corrected chi connectivity index (χ4v) is 3.96. The van der Waals surface area contributed by atoms with Crippen molar-refractivity contribution in [3.8, 4) is 22.8 Å². The van der Waals surface area contributed by atoms with Crippen molar-refractivity contribution in [1.82, 2.24) is 9.78 Å². The summed E-state index contributed by atoms with van der Waals surface area (Å²) in [6, 6.07) is 8.07. The van der Waals surface area contributed by atoms with Crippen molar-refractivity contribution in [3.05, 3.63) is 30.5 Å². The molecule has 1 aliphatic heterocycles. The van der Waals surface area contributed by atoms with Crippen molar-refractivity contribution in [2.75, 3.05) is 13.7 Å². The third-order valence-electron chi connectivity index (χ3n) is 5.42. The van der Waals surface area contributed by atoms with Crippen molar-refractivity contribution >= 4 is 0 Å². The number of rotatable bonds is 6. The number of methoxy groups -OCH3 is 1. The van der Waals surface area contributed by atoms with E-state index in [4.69, 9.17) is 19.3 Å². The minimum absolute atomic E-state index is 0.178. The van der Waals surface area contributed by atoms with E-state index < -0.39 is 0 Å². The molecule has 1 saturated heterocycles. The van der Waals surface area contributed by atoms with Gasteiger partial charge in [0.15, 0.2) is 17.8 Å². The lowest BCUT2D eigenvalue weighted by Crippen LogP contribution is -2.14. The number of benzene rings is 1. The summed E-state index contributed by atoms with van der Waals surface area (Å²) in [5.74, 6) is 2.22. The van der Waals surface area contributed by atoms with Crippen molar-refractivity contribution in [3.63, 3.8) is 0 Å². The van der Waals surface area contributed by atoms with Crippen LogP contribution in [0.3, 0.4) is 0 Å². The van der Waals surface area contributed by atoms with Gasteiger partial charge in [-0.05, 0) is 49.4 Å². The van der Waals surface area contributed by atoms with Gasteiger partial charge in [0.05, 0.1) is 19.4 Å². The molecule has 1 atom stereocenters. The van der Waals surface area contributed by atoms with Crippen molar-refractivity contribution in [2.24, 2.45) is 5.92 Å². The van der Waals surface area contributed by atoms with Gasteiger partial charge in [-0.25, -0.2) is 0 Å². The molecule has 5 heteroatoms. The van der Waals surface area contributed by atoms with E-state index in [-0.39, 0.29) is 6.29 Å². The Hall–Kier alpha value is -2.01. The maximum Gasteiger partial charge on any atom is 0.200 e. The lowest BCUT2D eigenvalue weighted by Gasteiger charge is -2.21. The van der Waals surface area contributed by atoms with Crippen molar-refractivity contribution in [1.29, 1.82) is 0 Å². The molecule has 5 nitrogen and oxygen atoms in total. The molecule has 26 heavy (non-hydrogen) atoms. The minimum Gasteiger partial charge on any atom is -0.493 e. The summed E-state index contributed by atoms with van der Waals surface area (Å²) >= 11 is 0. The van der Waals surface area contributed by atoms with Gasteiger partial charge in [0.25, 0.3) is 0 Å². The van der Waals surface area contributed by atoms with E-state index in [0.717, 1.165) is 54.7 Å². The zero-order chi connectivity index (χ0) is 17.8. The summed E-state index contributed by atoms with van der Waals surface area (Å²) in [6.45, 7) is 1.79. The van der Waals surface area contributed by atoms with E-state index in [0.29, 0.717) is 0 Å². The van der Waals surface area contributed by atoms with Gasteiger partial charge in [-0.2, -0.15) is 5.10 Å². The van der Waals surface area contributed by atoms with E-state index in [2.05, 4.69) is 16.9 Å². The van der Waals surface area contributed by atoms with Crippen LogP contribution in [0.4, 0.5) is 0 Å². The quantitative estimate of drug-likeness (QED) is 0.755. The molecule has 1 aliphatic carbocycles. The van der Waals surface area contributed by atoms with Crippen molar-refractivity contribution in [2.45, 2.75) is 57.8 Å². The Morgan fingerprint density at radius 2 is 1.96 bits per heavy atom. The van der Waals surface area contributed by atoms with Gasteiger partial charge in [-0.3, -0.25) is 4.68 Å². The van der Waals surface area contributed by atoms with Crippen molar-refractivity contribution < 1.29 is 14.2 Å². The highest BCUT2D eigenvalue weighted by Crippen LogP contribution is 2.34. The Labute approximate surface area is 155 Å². The van der Waals surface area contributed by atoms with Gasteiger partial charge in [0, 0.05) is 24.7 Å². The molecule has 1 aromatic heterocycles. The highest BCUT2D eigenvalue weighted by atomic mass is 16.7. The average molecular weight is 356 g/mol. The van der Waals surface area contributed by atoms with Gasteiger partial charge in [0.1, 0.15) is 0 Å². The predicted octanol–water partition coefficient (Wildman–Crippen LogP) is 4.65. The molecule has 0 amide bonds. The van der Waals surface area contributed by atoms with Crippen LogP contribution in [0.5, 0.6) is 11.5 Å². The van der Waals surface area contributed by atoms with Crippen LogP contribution in [0.2, 0.25) is 0 Å². The topological polar surface area (TPSA) is 45.5 Å². The van der Waals surface area contributed by atoms with Crippen LogP contribution in [0.15, 0.2) is 30.5 Å². The summed E-state index contributed by atoms with van der Waals surface area (Å²) in [5.41, 5.74) is 2.02. The van der Waals surface area contributed by atoms with Crippen LogP contribution >= 0.6 is 0 Å². The molecule has 0 N–H and O–H groups in total. The second kappa shape index (κ2) is 8.12. The second-order valence-electron chi connectivity index (χ2n) is 7.35.